The first-order valence-corrected chi connectivity index (χ1v) is 10.0. The van der Waals surface area contributed by atoms with Crippen molar-refractivity contribution in [1.82, 2.24) is 5.43 Å². The summed E-state index contributed by atoms with van der Waals surface area (Å²) in [6.07, 6.45) is 1.75. The molecule has 6 heteroatoms. The Hall–Kier alpha value is -3.31. The largest absolute Gasteiger partial charge is 0.494 e. The van der Waals surface area contributed by atoms with E-state index in [4.69, 9.17) is 21.1 Å². The highest BCUT2D eigenvalue weighted by molar-refractivity contribution is 6.30. The van der Waals surface area contributed by atoms with Crippen LogP contribution in [0.1, 0.15) is 23.6 Å². The first-order chi connectivity index (χ1) is 14.6. The van der Waals surface area contributed by atoms with Crippen molar-refractivity contribution in [2.75, 3.05) is 6.61 Å². The minimum absolute atomic E-state index is 0.218. The van der Waals surface area contributed by atoms with Crippen LogP contribution in [0.4, 0.5) is 0 Å². The predicted octanol–water partition coefficient (Wildman–Crippen LogP) is 5.01. The van der Waals surface area contributed by atoms with Gasteiger partial charge in [-0.1, -0.05) is 54.1 Å². The number of nitrogens with zero attached hydrogens (tertiary/aromatic N) is 1. The molecule has 0 fully saturated rings. The lowest BCUT2D eigenvalue weighted by molar-refractivity contribution is -0.120. The third-order valence-electron chi connectivity index (χ3n) is 4.20. The van der Waals surface area contributed by atoms with E-state index in [0.717, 1.165) is 16.9 Å². The lowest BCUT2D eigenvalue weighted by atomic mass is 10.1. The number of halogens is 1. The highest BCUT2D eigenvalue weighted by Crippen LogP contribution is 2.22. The van der Waals surface area contributed by atoms with Gasteiger partial charge in [0.05, 0.1) is 19.2 Å². The van der Waals surface area contributed by atoms with E-state index in [0.29, 0.717) is 29.5 Å². The van der Waals surface area contributed by atoms with Crippen molar-refractivity contribution in [2.45, 2.75) is 20.0 Å². The van der Waals surface area contributed by atoms with Gasteiger partial charge in [0, 0.05) is 10.6 Å². The quantitative estimate of drug-likeness (QED) is 0.389. The standard InChI is InChI=1S/C24H23ClN2O3/c1-2-29-22-11-8-18(9-12-22)14-24(28)27-26-16-20-15-21(25)10-13-23(20)30-17-19-6-4-3-5-7-19/h3-13,15-16H,2,14,17H2,1H3,(H,27,28)/b26-16-. The van der Waals surface area contributed by atoms with Crippen molar-refractivity contribution in [3.05, 3.63) is 94.5 Å². The second kappa shape index (κ2) is 11.0. The number of rotatable bonds is 9. The van der Waals surface area contributed by atoms with Crippen LogP contribution in [0.15, 0.2) is 77.9 Å². The summed E-state index contributed by atoms with van der Waals surface area (Å²) in [4.78, 5) is 12.2. The summed E-state index contributed by atoms with van der Waals surface area (Å²) in [6.45, 7) is 2.96. The van der Waals surface area contributed by atoms with Gasteiger partial charge in [0.1, 0.15) is 18.1 Å². The zero-order valence-corrected chi connectivity index (χ0v) is 17.4. The first kappa shape index (κ1) is 21.4. The molecule has 0 atom stereocenters. The molecule has 3 aromatic rings. The van der Waals surface area contributed by atoms with Gasteiger partial charge in [0.15, 0.2) is 0 Å². The number of carbonyl (C=O) groups excluding carboxylic acids is 1. The molecule has 0 saturated carbocycles. The normalized spacial score (nSPS) is 10.7. The molecule has 5 nitrogen and oxygen atoms in total. The van der Waals surface area contributed by atoms with Gasteiger partial charge in [0.25, 0.3) is 0 Å². The van der Waals surface area contributed by atoms with Crippen LogP contribution in [0, 0.1) is 0 Å². The number of hydrogen-bond acceptors (Lipinski definition) is 4. The van der Waals surface area contributed by atoms with E-state index in [9.17, 15) is 4.79 Å². The Bertz CT molecular complexity index is 989. The molecule has 0 spiro atoms. The number of hydrazone groups is 1. The van der Waals surface area contributed by atoms with Crippen LogP contribution >= 0.6 is 11.6 Å². The SMILES string of the molecule is CCOc1ccc(CC(=O)N/N=C\c2cc(Cl)ccc2OCc2ccccc2)cc1. The van der Waals surface area contributed by atoms with Crippen molar-refractivity contribution in [2.24, 2.45) is 5.10 Å². The molecule has 0 radical (unpaired) electrons. The molecule has 1 N–H and O–H groups in total. The Labute approximate surface area is 181 Å². The summed E-state index contributed by atoms with van der Waals surface area (Å²) in [7, 11) is 0. The topological polar surface area (TPSA) is 59.9 Å². The molecule has 0 saturated heterocycles. The molecule has 0 bridgehead atoms. The van der Waals surface area contributed by atoms with E-state index >= 15 is 0 Å². The molecule has 0 unspecified atom stereocenters. The van der Waals surface area contributed by atoms with Gasteiger partial charge in [-0.25, -0.2) is 5.43 Å². The molecular weight excluding hydrogens is 400 g/mol. The minimum atomic E-state index is -0.218. The van der Waals surface area contributed by atoms with Gasteiger partial charge >= 0.3 is 0 Å². The average Bonchev–Trinajstić information content (AvgIpc) is 2.75. The van der Waals surface area contributed by atoms with E-state index in [-0.39, 0.29) is 12.3 Å². The molecule has 0 aromatic heterocycles. The van der Waals surface area contributed by atoms with Crippen LogP contribution in [0.2, 0.25) is 5.02 Å². The smallest absolute Gasteiger partial charge is 0.244 e. The molecule has 0 aliphatic rings. The van der Waals surface area contributed by atoms with Gasteiger partial charge in [-0.05, 0) is 48.4 Å². The number of ether oxygens (including phenoxy) is 2. The summed E-state index contributed by atoms with van der Waals surface area (Å²) in [5.41, 5.74) is 5.15. The van der Waals surface area contributed by atoms with Crippen LogP contribution in [0.3, 0.4) is 0 Å². The van der Waals surface area contributed by atoms with Crippen LogP contribution < -0.4 is 14.9 Å². The van der Waals surface area contributed by atoms with Crippen molar-refractivity contribution in [3.63, 3.8) is 0 Å². The Morgan fingerprint density at radius 3 is 2.50 bits per heavy atom. The maximum absolute atomic E-state index is 12.2. The van der Waals surface area contributed by atoms with Crippen LogP contribution in [-0.2, 0) is 17.8 Å². The number of benzene rings is 3. The molecule has 0 aliphatic carbocycles. The van der Waals surface area contributed by atoms with Crippen molar-refractivity contribution in [3.8, 4) is 11.5 Å². The lowest BCUT2D eigenvalue weighted by Crippen LogP contribution is -2.19. The van der Waals surface area contributed by atoms with Gasteiger partial charge in [-0.15, -0.1) is 0 Å². The summed E-state index contributed by atoms with van der Waals surface area (Å²) >= 11 is 6.10. The maximum Gasteiger partial charge on any atom is 0.244 e. The zero-order chi connectivity index (χ0) is 21.2. The Morgan fingerprint density at radius 2 is 1.77 bits per heavy atom. The minimum Gasteiger partial charge on any atom is -0.494 e. The van der Waals surface area contributed by atoms with Crippen molar-refractivity contribution >= 4 is 23.7 Å². The lowest BCUT2D eigenvalue weighted by Gasteiger charge is -2.09. The second-order valence-corrected chi connectivity index (χ2v) is 6.94. The van der Waals surface area contributed by atoms with Gasteiger partial charge in [-0.2, -0.15) is 5.10 Å². The van der Waals surface area contributed by atoms with E-state index in [1.54, 1.807) is 18.2 Å². The Balaban J connectivity index is 1.58. The summed E-state index contributed by atoms with van der Waals surface area (Å²) < 4.78 is 11.3. The predicted molar refractivity (Wildman–Crippen MR) is 119 cm³/mol. The molecular formula is C24H23ClN2O3. The maximum atomic E-state index is 12.2. The van der Waals surface area contributed by atoms with Crippen LogP contribution in [0.5, 0.6) is 11.5 Å². The highest BCUT2D eigenvalue weighted by Gasteiger charge is 2.06. The number of nitrogens with one attached hydrogen (secondary N) is 1. The fraction of sp³-hybridized carbons (Fsp3) is 0.167. The third-order valence-corrected chi connectivity index (χ3v) is 4.44. The molecule has 1 amide bonds. The fourth-order valence-electron chi connectivity index (χ4n) is 2.76. The van der Waals surface area contributed by atoms with Gasteiger partial charge in [0.2, 0.25) is 5.91 Å². The summed E-state index contributed by atoms with van der Waals surface area (Å²) in [6, 6.07) is 22.6. The molecule has 154 valence electrons. The van der Waals surface area contributed by atoms with E-state index < -0.39 is 0 Å². The fourth-order valence-corrected chi connectivity index (χ4v) is 2.94. The summed E-state index contributed by atoms with van der Waals surface area (Å²) in [5.74, 6) is 1.20. The van der Waals surface area contributed by atoms with Gasteiger partial charge in [-0.3, -0.25) is 4.79 Å². The second-order valence-electron chi connectivity index (χ2n) is 6.50. The molecule has 3 rings (SSSR count). The summed E-state index contributed by atoms with van der Waals surface area (Å²) in [5, 5.41) is 4.61. The number of carbonyl (C=O) groups is 1. The molecule has 0 aliphatic heterocycles. The Kier molecular flexibility index (Phi) is 7.86. The Morgan fingerprint density at radius 1 is 1.00 bits per heavy atom. The van der Waals surface area contributed by atoms with E-state index in [2.05, 4.69) is 10.5 Å². The molecule has 3 aromatic carbocycles. The van der Waals surface area contributed by atoms with Crippen LogP contribution in [0.25, 0.3) is 0 Å². The van der Waals surface area contributed by atoms with E-state index in [1.807, 2.05) is 61.5 Å². The average molecular weight is 423 g/mol. The zero-order valence-electron chi connectivity index (χ0n) is 16.7. The monoisotopic (exact) mass is 422 g/mol. The first-order valence-electron chi connectivity index (χ1n) is 9.64. The van der Waals surface area contributed by atoms with E-state index in [1.165, 1.54) is 6.21 Å². The molecule has 30 heavy (non-hydrogen) atoms. The van der Waals surface area contributed by atoms with Crippen LogP contribution in [-0.4, -0.2) is 18.7 Å². The number of amides is 1. The molecule has 0 heterocycles. The third kappa shape index (κ3) is 6.64. The van der Waals surface area contributed by atoms with Crippen molar-refractivity contribution < 1.29 is 14.3 Å². The number of hydrogen-bond donors (Lipinski definition) is 1. The van der Waals surface area contributed by atoms with Crippen molar-refractivity contribution in [1.29, 1.82) is 0 Å². The highest BCUT2D eigenvalue weighted by atomic mass is 35.5. The van der Waals surface area contributed by atoms with Gasteiger partial charge < -0.3 is 9.47 Å².